The van der Waals surface area contributed by atoms with Crippen LogP contribution >= 0.6 is 11.6 Å². The first kappa shape index (κ1) is 31.3. The van der Waals surface area contributed by atoms with Gasteiger partial charge in [-0.15, -0.1) is 0 Å². The third kappa shape index (κ3) is 7.77. The van der Waals surface area contributed by atoms with Crippen molar-refractivity contribution in [3.8, 4) is 0 Å². The van der Waals surface area contributed by atoms with Gasteiger partial charge < -0.3 is 25.4 Å². The van der Waals surface area contributed by atoms with Crippen LogP contribution in [0, 0.1) is 5.92 Å². The van der Waals surface area contributed by atoms with Crippen molar-refractivity contribution in [3.63, 3.8) is 0 Å². The Balaban J connectivity index is 1.58. The number of carboxylic acid groups (broad SMARTS) is 1. The Bertz CT molecular complexity index is 1350. The van der Waals surface area contributed by atoms with Crippen molar-refractivity contribution in [1.29, 1.82) is 0 Å². The van der Waals surface area contributed by atoms with Crippen molar-refractivity contribution >= 4 is 29.4 Å². The molecule has 224 valence electrons. The lowest BCUT2D eigenvalue weighted by molar-refractivity contribution is -0.138. The Morgan fingerprint density at radius 3 is 2.33 bits per heavy atom. The van der Waals surface area contributed by atoms with Crippen LogP contribution in [-0.4, -0.2) is 44.1 Å². The van der Waals surface area contributed by atoms with E-state index >= 15 is 0 Å². The Kier molecular flexibility index (Phi) is 11.1. The summed E-state index contributed by atoms with van der Waals surface area (Å²) in [6.45, 7) is 1.87. The zero-order valence-corrected chi connectivity index (χ0v) is 24.6. The molecule has 0 bridgehead atoms. The van der Waals surface area contributed by atoms with Crippen molar-refractivity contribution < 1.29 is 24.6 Å². The molecular weight excluding hydrogens is 556 g/mol. The number of carboxylic acids is 1. The minimum Gasteiger partial charge on any atom is -0.480 e. The van der Waals surface area contributed by atoms with Crippen LogP contribution < -0.4 is 10.6 Å². The summed E-state index contributed by atoms with van der Waals surface area (Å²) in [6.07, 6.45) is 6.66. The number of carbonyl (C=O) groups is 3. The average molecular weight is 595 g/mol. The van der Waals surface area contributed by atoms with Crippen molar-refractivity contribution in [2.75, 3.05) is 6.54 Å². The maximum Gasteiger partial charge on any atom is 0.322 e. The van der Waals surface area contributed by atoms with Crippen LogP contribution in [0.3, 0.4) is 0 Å². The quantitative estimate of drug-likeness (QED) is 0.213. The van der Waals surface area contributed by atoms with E-state index in [0.29, 0.717) is 23.0 Å². The molecule has 4 rings (SSSR count). The minimum absolute atomic E-state index is 0.128. The smallest absolute Gasteiger partial charge is 0.322 e. The van der Waals surface area contributed by atoms with E-state index in [0.717, 1.165) is 61.9 Å². The molecule has 2 amide bonds. The number of aliphatic carboxylic acids is 1. The highest BCUT2D eigenvalue weighted by atomic mass is 35.5. The molecule has 0 saturated heterocycles. The summed E-state index contributed by atoms with van der Waals surface area (Å²) >= 11 is 6.32. The van der Waals surface area contributed by atoms with Gasteiger partial charge in [0.15, 0.2) is 5.15 Å². The van der Waals surface area contributed by atoms with Crippen molar-refractivity contribution in [2.45, 2.75) is 77.0 Å². The van der Waals surface area contributed by atoms with Crippen LogP contribution in [0.5, 0.6) is 0 Å². The topological polar surface area (TPSA) is 134 Å². The van der Waals surface area contributed by atoms with E-state index < -0.39 is 30.4 Å². The standard InChI is InChI=1S/C32H39ClN4O5/c1-2-3-13-26-35-30(33)25(20-38)37(26)19-21-14-16-23(17-15-21)28(22-9-7-8-10-22)31(41)36-29(24-11-5-4-6-12-24)32(42)34-18-27(39)40/h4-6,11-12,14-17,22,28-29,38H,2-3,7-10,13,18-20H2,1H3,(H,34,42)(H,36,41)(H,39,40). The molecule has 0 spiro atoms. The molecule has 1 fully saturated rings. The normalized spacial score (nSPS) is 14.8. The molecule has 3 aromatic rings. The number of aliphatic hydroxyl groups excluding tert-OH is 1. The number of nitrogens with zero attached hydrogens (tertiary/aromatic N) is 2. The summed E-state index contributed by atoms with van der Waals surface area (Å²) in [5, 5.41) is 24.6. The lowest BCUT2D eigenvalue weighted by Gasteiger charge is -2.26. The predicted octanol–water partition coefficient (Wildman–Crippen LogP) is 4.75. The number of aliphatic hydroxyl groups is 1. The number of benzene rings is 2. The van der Waals surface area contributed by atoms with Crippen LogP contribution in [0.4, 0.5) is 0 Å². The molecule has 2 atom stereocenters. The molecule has 1 aromatic heterocycles. The lowest BCUT2D eigenvalue weighted by atomic mass is 9.83. The fourth-order valence-electron chi connectivity index (χ4n) is 5.75. The van der Waals surface area contributed by atoms with Crippen LogP contribution in [-0.2, 0) is 34.0 Å². The molecule has 42 heavy (non-hydrogen) atoms. The molecule has 1 aliphatic rings. The van der Waals surface area contributed by atoms with E-state index in [-0.39, 0.29) is 18.4 Å². The van der Waals surface area contributed by atoms with E-state index in [1.807, 2.05) is 34.9 Å². The second-order valence-corrected chi connectivity index (χ2v) is 11.2. The highest BCUT2D eigenvalue weighted by Crippen LogP contribution is 2.38. The number of carbonyl (C=O) groups excluding carboxylic acids is 2. The highest BCUT2D eigenvalue weighted by molar-refractivity contribution is 6.30. The maximum absolute atomic E-state index is 13.9. The summed E-state index contributed by atoms with van der Waals surface area (Å²) in [7, 11) is 0. The summed E-state index contributed by atoms with van der Waals surface area (Å²) < 4.78 is 1.97. The molecular formula is C32H39ClN4O5. The van der Waals surface area contributed by atoms with Crippen molar-refractivity contribution in [3.05, 3.63) is 88.0 Å². The van der Waals surface area contributed by atoms with Gasteiger partial charge in [-0.25, -0.2) is 4.98 Å². The van der Waals surface area contributed by atoms with Gasteiger partial charge in [0, 0.05) is 13.0 Å². The molecule has 0 aliphatic heterocycles. The fourth-order valence-corrected chi connectivity index (χ4v) is 6.01. The Morgan fingerprint density at radius 1 is 1.02 bits per heavy atom. The average Bonchev–Trinajstić information content (AvgIpc) is 3.62. The second kappa shape index (κ2) is 15.0. The minimum atomic E-state index is -1.16. The number of imidazole rings is 1. The van der Waals surface area contributed by atoms with E-state index in [1.165, 1.54) is 0 Å². The first-order valence-corrected chi connectivity index (χ1v) is 15.0. The SMILES string of the molecule is CCCCc1nc(Cl)c(CO)n1Cc1ccc(C(C(=O)NC(C(=O)NCC(=O)O)c2ccccc2)C2CCCC2)cc1. The van der Waals surface area contributed by atoms with E-state index in [9.17, 15) is 19.5 Å². The lowest BCUT2D eigenvalue weighted by Crippen LogP contribution is -2.44. The largest absolute Gasteiger partial charge is 0.480 e. The molecule has 1 heterocycles. The number of hydrogen-bond acceptors (Lipinski definition) is 5. The van der Waals surface area contributed by atoms with E-state index in [2.05, 4.69) is 22.5 Å². The first-order valence-electron chi connectivity index (χ1n) is 14.6. The van der Waals surface area contributed by atoms with Crippen LogP contribution in [0.2, 0.25) is 5.15 Å². The van der Waals surface area contributed by atoms with Gasteiger partial charge >= 0.3 is 5.97 Å². The van der Waals surface area contributed by atoms with Crippen molar-refractivity contribution in [2.24, 2.45) is 5.92 Å². The molecule has 0 radical (unpaired) electrons. The van der Waals surface area contributed by atoms with E-state index in [4.69, 9.17) is 16.7 Å². The van der Waals surface area contributed by atoms with Gasteiger partial charge in [-0.1, -0.05) is 92.4 Å². The van der Waals surface area contributed by atoms with E-state index in [1.54, 1.807) is 24.3 Å². The number of rotatable bonds is 14. The van der Waals surface area contributed by atoms with Crippen molar-refractivity contribution in [1.82, 2.24) is 20.2 Å². The molecule has 2 aromatic carbocycles. The third-order valence-corrected chi connectivity index (χ3v) is 8.24. The summed E-state index contributed by atoms with van der Waals surface area (Å²) in [5.41, 5.74) is 3.01. The summed E-state index contributed by atoms with van der Waals surface area (Å²) in [6, 6.07) is 15.7. The van der Waals surface area contributed by atoms with Gasteiger partial charge in [0.2, 0.25) is 11.8 Å². The number of unbranched alkanes of at least 4 members (excludes halogenated alkanes) is 1. The van der Waals surface area contributed by atoms with Gasteiger partial charge in [0.25, 0.3) is 0 Å². The van der Waals surface area contributed by atoms with Gasteiger partial charge in [0.1, 0.15) is 18.4 Å². The molecule has 1 saturated carbocycles. The van der Waals surface area contributed by atoms with Gasteiger partial charge in [0.05, 0.1) is 18.2 Å². The van der Waals surface area contributed by atoms with Crippen LogP contribution in [0.25, 0.3) is 0 Å². The monoisotopic (exact) mass is 594 g/mol. The molecule has 10 heteroatoms. The maximum atomic E-state index is 13.9. The molecule has 2 unspecified atom stereocenters. The Hall–Kier alpha value is -3.69. The molecule has 1 aliphatic carbocycles. The van der Waals surface area contributed by atoms with Gasteiger partial charge in [-0.2, -0.15) is 0 Å². The van der Waals surface area contributed by atoms with Gasteiger partial charge in [-0.05, 0) is 41.9 Å². The zero-order chi connectivity index (χ0) is 30.1. The van der Waals surface area contributed by atoms with Crippen LogP contribution in [0.15, 0.2) is 54.6 Å². The number of aryl methyl sites for hydroxylation is 1. The summed E-state index contributed by atoms with van der Waals surface area (Å²) in [4.78, 5) is 42.5. The fraction of sp³-hybridized carbons (Fsp3) is 0.438. The Morgan fingerprint density at radius 2 is 1.71 bits per heavy atom. The first-order chi connectivity index (χ1) is 20.3. The Labute approximate surface area is 251 Å². The number of hydrogen-bond donors (Lipinski definition) is 4. The third-order valence-electron chi connectivity index (χ3n) is 7.94. The molecule has 4 N–H and O–H groups in total. The summed E-state index contributed by atoms with van der Waals surface area (Å²) in [5.74, 6) is -1.49. The number of halogens is 1. The zero-order valence-electron chi connectivity index (χ0n) is 23.9. The second-order valence-electron chi connectivity index (χ2n) is 10.8. The highest BCUT2D eigenvalue weighted by Gasteiger charge is 2.34. The van der Waals surface area contributed by atoms with Crippen LogP contribution in [0.1, 0.15) is 85.6 Å². The number of aromatic nitrogens is 2. The predicted molar refractivity (Wildman–Crippen MR) is 160 cm³/mol. The molecule has 9 nitrogen and oxygen atoms in total. The number of nitrogens with one attached hydrogen (secondary N) is 2. The van der Waals surface area contributed by atoms with Gasteiger partial charge in [-0.3, -0.25) is 14.4 Å². The number of amides is 2.